The van der Waals surface area contributed by atoms with Gasteiger partial charge in [0.05, 0.1) is 19.9 Å². The van der Waals surface area contributed by atoms with Crippen molar-refractivity contribution in [3.05, 3.63) is 17.8 Å². The topological polar surface area (TPSA) is 112 Å². The zero-order valence-electron chi connectivity index (χ0n) is 9.47. The average Bonchev–Trinajstić information content (AvgIpc) is 2.72. The van der Waals surface area contributed by atoms with Gasteiger partial charge < -0.3 is 20.2 Å². The molecule has 0 saturated carbocycles. The van der Waals surface area contributed by atoms with Gasteiger partial charge in [-0.3, -0.25) is 0 Å². The fourth-order valence-corrected chi connectivity index (χ4v) is 1.18. The number of aromatic nitrogens is 4. The van der Waals surface area contributed by atoms with Gasteiger partial charge in [-0.05, 0) is 6.92 Å². The minimum Gasteiger partial charge on any atom is -0.467 e. The Bertz CT molecular complexity index is 512. The molecule has 0 saturated heterocycles. The summed E-state index contributed by atoms with van der Waals surface area (Å²) in [7, 11) is 1.45. The summed E-state index contributed by atoms with van der Waals surface area (Å²) in [5, 5.41) is 2.91. The number of nitrogen functional groups attached to an aromatic ring is 1. The van der Waals surface area contributed by atoms with Gasteiger partial charge in [-0.25, -0.2) is 4.98 Å². The van der Waals surface area contributed by atoms with Gasteiger partial charge in [0.25, 0.3) is 0 Å². The zero-order valence-corrected chi connectivity index (χ0v) is 9.47. The van der Waals surface area contributed by atoms with Crippen molar-refractivity contribution in [3.8, 4) is 6.01 Å². The van der Waals surface area contributed by atoms with Crippen molar-refractivity contribution in [1.29, 1.82) is 0 Å². The molecule has 0 aliphatic heterocycles. The first kappa shape index (κ1) is 11.1. The van der Waals surface area contributed by atoms with Crippen LogP contribution in [0.25, 0.3) is 0 Å². The van der Waals surface area contributed by atoms with Gasteiger partial charge in [0, 0.05) is 0 Å². The number of ether oxygens (including phenoxy) is 1. The summed E-state index contributed by atoms with van der Waals surface area (Å²) in [6.45, 7) is 2.18. The van der Waals surface area contributed by atoms with Crippen LogP contribution in [0.1, 0.15) is 11.7 Å². The lowest BCUT2D eigenvalue weighted by Gasteiger charge is -2.04. The van der Waals surface area contributed by atoms with E-state index in [9.17, 15) is 0 Å². The molecule has 0 unspecified atom stereocenters. The number of hydrogen-bond acceptors (Lipinski definition) is 8. The highest BCUT2D eigenvalue weighted by atomic mass is 16.5. The lowest BCUT2D eigenvalue weighted by Crippen LogP contribution is -2.08. The summed E-state index contributed by atoms with van der Waals surface area (Å²) < 4.78 is 10.2. The van der Waals surface area contributed by atoms with E-state index < -0.39 is 0 Å². The van der Waals surface area contributed by atoms with Crippen molar-refractivity contribution >= 4 is 11.9 Å². The van der Waals surface area contributed by atoms with Crippen molar-refractivity contribution in [3.63, 3.8) is 0 Å². The van der Waals surface area contributed by atoms with E-state index in [0.717, 1.165) is 5.76 Å². The van der Waals surface area contributed by atoms with Crippen LogP contribution in [0.5, 0.6) is 6.01 Å². The van der Waals surface area contributed by atoms with E-state index in [-0.39, 0.29) is 12.0 Å². The molecule has 2 heterocycles. The Morgan fingerprint density at radius 2 is 2.24 bits per heavy atom. The van der Waals surface area contributed by atoms with Gasteiger partial charge in [-0.1, -0.05) is 0 Å². The van der Waals surface area contributed by atoms with Crippen LogP contribution < -0.4 is 15.8 Å². The maximum atomic E-state index is 5.49. The highest BCUT2D eigenvalue weighted by molar-refractivity contribution is 5.32. The van der Waals surface area contributed by atoms with Crippen molar-refractivity contribution in [2.24, 2.45) is 0 Å². The molecule has 0 aromatic carbocycles. The van der Waals surface area contributed by atoms with Crippen LogP contribution in [0.15, 0.2) is 10.6 Å². The van der Waals surface area contributed by atoms with Gasteiger partial charge in [-0.15, -0.1) is 0 Å². The van der Waals surface area contributed by atoms with E-state index in [1.165, 1.54) is 7.11 Å². The molecular weight excluding hydrogens is 224 g/mol. The molecule has 0 aliphatic carbocycles. The first-order chi connectivity index (χ1) is 8.17. The summed E-state index contributed by atoms with van der Waals surface area (Å²) >= 11 is 0. The van der Waals surface area contributed by atoms with E-state index in [1.807, 2.05) is 6.92 Å². The number of hydrogen-bond donors (Lipinski definition) is 2. The molecule has 0 aliphatic rings. The number of nitrogens with one attached hydrogen (secondary N) is 1. The van der Waals surface area contributed by atoms with Crippen molar-refractivity contribution in [2.75, 3.05) is 18.2 Å². The molecule has 0 atom stereocenters. The van der Waals surface area contributed by atoms with E-state index in [0.29, 0.717) is 18.4 Å². The Hall–Kier alpha value is -2.38. The number of nitrogens with zero attached hydrogens (tertiary/aromatic N) is 4. The summed E-state index contributed by atoms with van der Waals surface area (Å²) in [4.78, 5) is 15.7. The van der Waals surface area contributed by atoms with E-state index >= 15 is 0 Å². The molecule has 2 aromatic heterocycles. The molecule has 0 fully saturated rings. The fraction of sp³-hybridized carbons (Fsp3) is 0.333. The Morgan fingerprint density at radius 3 is 2.88 bits per heavy atom. The van der Waals surface area contributed by atoms with Crippen LogP contribution in [0, 0.1) is 6.92 Å². The first-order valence-corrected chi connectivity index (χ1v) is 4.88. The van der Waals surface area contributed by atoms with E-state index in [4.69, 9.17) is 14.9 Å². The predicted octanol–water partition coefficient (Wildman–Crippen LogP) is 0.371. The van der Waals surface area contributed by atoms with Crippen molar-refractivity contribution in [2.45, 2.75) is 13.5 Å². The SMILES string of the molecule is COc1nc(N)nc(NCc2ncc(C)o2)n1. The lowest BCUT2D eigenvalue weighted by atomic mass is 10.6. The van der Waals surface area contributed by atoms with Crippen molar-refractivity contribution < 1.29 is 9.15 Å². The Balaban J connectivity index is 2.05. The Morgan fingerprint density at radius 1 is 1.41 bits per heavy atom. The monoisotopic (exact) mass is 236 g/mol. The minimum absolute atomic E-state index is 0.0861. The normalized spacial score (nSPS) is 10.2. The molecular formula is C9H12N6O2. The number of anilines is 2. The van der Waals surface area contributed by atoms with Gasteiger partial charge in [0.2, 0.25) is 17.8 Å². The van der Waals surface area contributed by atoms with Crippen LogP contribution in [0.4, 0.5) is 11.9 Å². The molecule has 0 amide bonds. The third-order valence-electron chi connectivity index (χ3n) is 1.88. The van der Waals surface area contributed by atoms with Gasteiger partial charge in [-0.2, -0.15) is 15.0 Å². The van der Waals surface area contributed by atoms with Gasteiger partial charge in [0.1, 0.15) is 5.76 Å². The van der Waals surface area contributed by atoms with Crippen LogP contribution in [-0.2, 0) is 6.54 Å². The molecule has 8 heteroatoms. The van der Waals surface area contributed by atoms with Crippen molar-refractivity contribution in [1.82, 2.24) is 19.9 Å². The van der Waals surface area contributed by atoms with Gasteiger partial charge >= 0.3 is 6.01 Å². The third-order valence-corrected chi connectivity index (χ3v) is 1.88. The maximum Gasteiger partial charge on any atom is 0.322 e. The summed E-state index contributed by atoms with van der Waals surface area (Å²) in [6.07, 6.45) is 1.64. The number of methoxy groups -OCH3 is 1. The summed E-state index contributed by atoms with van der Waals surface area (Å²) in [6, 6.07) is 0.156. The van der Waals surface area contributed by atoms with E-state index in [1.54, 1.807) is 6.20 Å². The van der Waals surface area contributed by atoms with E-state index in [2.05, 4.69) is 25.3 Å². The largest absolute Gasteiger partial charge is 0.467 e. The Labute approximate surface area is 97.3 Å². The highest BCUT2D eigenvalue weighted by Crippen LogP contribution is 2.09. The molecule has 3 N–H and O–H groups in total. The van der Waals surface area contributed by atoms with Gasteiger partial charge in [0.15, 0.2) is 0 Å². The second-order valence-electron chi connectivity index (χ2n) is 3.22. The summed E-state index contributed by atoms with van der Waals surface area (Å²) in [5.74, 6) is 1.68. The standard InChI is InChI=1S/C9H12N6O2/c1-5-3-11-6(17-5)4-12-8-13-7(10)14-9(15-8)16-2/h3H,4H2,1-2H3,(H3,10,12,13,14,15). The second kappa shape index (κ2) is 4.64. The molecule has 0 bridgehead atoms. The maximum absolute atomic E-state index is 5.49. The van der Waals surface area contributed by atoms with Crippen LogP contribution in [0.2, 0.25) is 0 Å². The molecule has 0 radical (unpaired) electrons. The number of aryl methyl sites for hydroxylation is 1. The zero-order chi connectivity index (χ0) is 12.3. The second-order valence-corrected chi connectivity index (χ2v) is 3.22. The minimum atomic E-state index is 0.0861. The van der Waals surface area contributed by atoms with Crippen LogP contribution >= 0.6 is 0 Å². The molecule has 0 spiro atoms. The number of rotatable bonds is 4. The molecule has 2 rings (SSSR count). The van der Waals surface area contributed by atoms with Crippen LogP contribution in [0.3, 0.4) is 0 Å². The fourth-order valence-electron chi connectivity index (χ4n) is 1.18. The number of oxazole rings is 1. The third kappa shape index (κ3) is 2.80. The first-order valence-electron chi connectivity index (χ1n) is 4.88. The smallest absolute Gasteiger partial charge is 0.322 e. The summed E-state index contributed by atoms with van der Waals surface area (Å²) in [5.41, 5.74) is 5.49. The average molecular weight is 236 g/mol. The highest BCUT2D eigenvalue weighted by Gasteiger charge is 2.05. The lowest BCUT2D eigenvalue weighted by molar-refractivity contribution is 0.379. The van der Waals surface area contributed by atoms with Crippen LogP contribution in [-0.4, -0.2) is 27.0 Å². The molecule has 90 valence electrons. The Kier molecular flexibility index (Phi) is 3.03. The molecule has 17 heavy (non-hydrogen) atoms. The molecule has 8 nitrogen and oxygen atoms in total. The molecule has 2 aromatic rings. The predicted molar refractivity (Wildman–Crippen MR) is 59.4 cm³/mol. The number of nitrogens with two attached hydrogens (primary N) is 1. The quantitative estimate of drug-likeness (QED) is 0.783.